The van der Waals surface area contributed by atoms with Gasteiger partial charge < -0.3 is 5.32 Å². The van der Waals surface area contributed by atoms with Gasteiger partial charge in [-0.2, -0.15) is 0 Å². The van der Waals surface area contributed by atoms with Crippen LogP contribution in [0.5, 0.6) is 0 Å². The van der Waals surface area contributed by atoms with Crippen molar-refractivity contribution in [3.8, 4) is 0 Å². The maximum Gasteiger partial charge on any atom is 0.243 e. The summed E-state index contributed by atoms with van der Waals surface area (Å²) in [5.41, 5.74) is 2.73. The summed E-state index contributed by atoms with van der Waals surface area (Å²) in [5, 5.41) is 2.86. The average Bonchev–Trinajstić information content (AvgIpc) is 3.20. The molecule has 29 heavy (non-hydrogen) atoms. The van der Waals surface area contributed by atoms with E-state index in [2.05, 4.69) is 22.3 Å². The number of nitrogens with zero attached hydrogens (tertiary/aromatic N) is 2. The summed E-state index contributed by atoms with van der Waals surface area (Å²) < 4.78 is 25.7. The molecule has 3 rings (SSSR count). The number of hydrogen-bond acceptors (Lipinski definition) is 4. The minimum atomic E-state index is -3.59. The van der Waals surface area contributed by atoms with Gasteiger partial charge in [0, 0.05) is 13.1 Å². The van der Waals surface area contributed by atoms with Crippen LogP contribution in [0.2, 0.25) is 0 Å². The predicted octanol–water partition coefficient (Wildman–Crippen LogP) is 2.75. The standard InChI is InChI=1S/C22H29N3O3S/c1-18(25(29(2,27)28)21-8-4-3-5-9-21)22(26)23-16-19-10-12-20(13-11-19)17-24-14-6-7-15-24/h3-5,8-13,18H,6-7,14-17H2,1-2H3,(H,23,26)/t18-/m0/s1. The lowest BCUT2D eigenvalue weighted by atomic mass is 10.1. The molecule has 1 aliphatic rings. The van der Waals surface area contributed by atoms with Crippen molar-refractivity contribution < 1.29 is 13.2 Å². The molecule has 0 aromatic heterocycles. The number of anilines is 1. The first-order chi connectivity index (χ1) is 13.8. The highest BCUT2D eigenvalue weighted by Crippen LogP contribution is 2.20. The summed E-state index contributed by atoms with van der Waals surface area (Å²) >= 11 is 0. The Hall–Kier alpha value is -2.38. The first kappa shape index (κ1) is 21.3. The van der Waals surface area contributed by atoms with Gasteiger partial charge in [0.1, 0.15) is 6.04 Å². The Bertz CT molecular complexity index is 908. The summed E-state index contributed by atoms with van der Waals surface area (Å²) in [6.45, 7) is 5.24. The molecular formula is C22H29N3O3S. The van der Waals surface area contributed by atoms with E-state index in [1.807, 2.05) is 18.2 Å². The van der Waals surface area contributed by atoms with Gasteiger partial charge in [-0.05, 0) is 56.1 Å². The monoisotopic (exact) mass is 415 g/mol. The molecule has 2 aromatic carbocycles. The summed E-state index contributed by atoms with van der Waals surface area (Å²) in [7, 11) is -3.59. The predicted molar refractivity (Wildman–Crippen MR) is 116 cm³/mol. The molecule has 0 unspecified atom stereocenters. The highest BCUT2D eigenvalue weighted by Gasteiger charge is 2.28. The zero-order valence-corrected chi connectivity index (χ0v) is 17.9. The van der Waals surface area contributed by atoms with Crippen molar-refractivity contribution in [3.63, 3.8) is 0 Å². The topological polar surface area (TPSA) is 69.7 Å². The SMILES string of the molecule is C[C@@H](C(=O)NCc1ccc(CN2CCCC2)cc1)N(c1ccccc1)S(C)(=O)=O. The number of hydrogen-bond donors (Lipinski definition) is 1. The lowest BCUT2D eigenvalue weighted by Gasteiger charge is -2.28. The second kappa shape index (κ2) is 9.41. The molecule has 1 atom stereocenters. The van der Waals surface area contributed by atoms with Crippen LogP contribution in [0.4, 0.5) is 5.69 Å². The first-order valence-electron chi connectivity index (χ1n) is 9.97. The number of sulfonamides is 1. The molecule has 7 heteroatoms. The summed E-state index contributed by atoms with van der Waals surface area (Å²) in [5.74, 6) is -0.333. The number of nitrogens with one attached hydrogen (secondary N) is 1. The third-order valence-electron chi connectivity index (χ3n) is 5.19. The maximum atomic E-state index is 12.7. The van der Waals surface area contributed by atoms with Crippen LogP contribution in [0, 0.1) is 0 Å². The van der Waals surface area contributed by atoms with Gasteiger partial charge in [0.15, 0.2) is 0 Å². The van der Waals surface area contributed by atoms with Crippen LogP contribution >= 0.6 is 0 Å². The Morgan fingerprint density at radius 1 is 1.03 bits per heavy atom. The second-order valence-corrected chi connectivity index (χ2v) is 9.45. The number of para-hydroxylation sites is 1. The molecule has 1 aliphatic heterocycles. The molecule has 0 aliphatic carbocycles. The van der Waals surface area contributed by atoms with Crippen molar-refractivity contribution in [2.45, 2.75) is 38.9 Å². The molecule has 0 spiro atoms. The van der Waals surface area contributed by atoms with Crippen molar-refractivity contribution in [1.82, 2.24) is 10.2 Å². The van der Waals surface area contributed by atoms with E-state index in [4.69, 9.17) is 0 Å². The fourth-order valence-corrected chi connectivity index (χ4v) is 4.86. The minimum Gasteiger partial charge on any atom is -0.350 e. The molecular weight excluding hydrogens is 386 g/mol. The van der Waals surface area contributed by atoms with E-state index >= 15 is 0 Å². The number of benzene rings is 2. The third-order valence-corrected chi connectivity index (χ3v) is 6.44. The smallest absolute Gasteiger partial charge is 0.243 e. The zero-order valence-electron chi connectivity index (χ0n) is 17.0. The van der Waals surface area contributed by atoms with Crippen LogP contribution in [0.1, 0.15) is 30.9 Å². The van der Waals surface area contributed by atoms with Gasteiger partial charge in [0.2, 0.25) is 15.9 Å². The quantitative estimate of drug-likeness (QED) is 0.720. The Morgan fingerprint density at radius 2 is 1.62 bits per heavy atom. The van der Waals surface area contributed by atoms with Crippen molar-refractivity contribution >= 4 is 21.6 Å². The van der Waals surface area contributed by atoms with Gasteiger partial charge in [0.25, 0.3) is 0 Å². The second-order valence-electron chi connectivity index (χ2n) is 7.59. The zero-order chi connectivity index (χ0) is 20.9. The number of rotatable bonds is 8. The summed E-state index contributed by atoms with van der Waals surface area (Å²) in [6, 6.07) is 16.1. The molecule has 1 fully saturated rings. The highest BCUT2D eigenvalue weighted by molar-refractivity contribution is 7.92. The van der Waals surface area contributed by atoms with Gasteiger partial charge in [-0.25, -0.2) is 8.42 Å². The number of amides is 1. The van der Waals surface area contributed by atoms with E-state index in [-0.39, 0.29) is 5.91 Å². The minimum absolute atomic E-state index is 0.333. The molecule has 1 saturated heterocycles. The van der Waals surface area contributed by atoms with E-state index in [1.54, 1.807) is 31.2 Å². The van der Waals surface area contributed by atoms with Crippen LogP contribution in [0.15, 0.2) is 54.6 Å². The van der Waals surface area contributed by atoms with Gasteiger partial charge in [0.05, 0.1) is 11.9 Å². The van der Waals surface area contributed by atoms with Crippen LogP contribution < -0.4 is 9.62 Å². The van der Waals surface area contributed by atoms with E-state index in [0.29, 0.717) is 12.2 Å². The van der Waals surface area contributed by atoms with Crippen molar-refractivity contribution in [3.05, 3.63) is 65.7 Å². The molecule has 1 N–H and O–H groups in total. The van der Waals surface area contributed by atoms with Crippen molar-refractivity contribution in [1.29, 1.82) is 0 Å². The molecule has 0 bridgehead atoms. The molecule has 0 saturated carbocycles. The number of carbonyl (C=O) groups is 1. The van der Waals surface area contributed by atoms with Crippen LogP contribution in [-0.4, -0.2) is 44.6 Å². The van der Waals surface area contributed by atoms with Crippen LogP contribution in [-0.2, 0) is 27.9 Å². The Morgan fingerprint density at radius 3 is 2.21 bits per heavy atom. The third kappa shape index (κ3) is 5.81. The summed E-state index contributed by atoms with van der Waals surface area (Å²) in [6.07, 6.45) is 3.66. The number of likely N-dealkylation sites (tertiary alicyclic amines) is 1. The summed E-state index contributed by atoms with van der Waals surface area (Å²) in [4.78, 5) is 15.1. The van der Waals surface area contributed by atoms with Gasteiger partial charge in [-0.15, -0.1) is 0 Å². The lowest BCUT2D eigenvalue weighted by molar-refractivity contribution is -0.122. The van der Waals surface area contributed by atoms with Gasteiger partial charge in [-0.1, -0.05) is 42.5 Å². The largest absolute Gasteiger partial charge is 0.350 e. The maximum absolute atomic E-state index is 12.7. The first-order valence-corrected chi connectivity index (χ1v) is 11.8. The fourth-order valence-electron chi connectivity index (χ4n) is 3.68. The Labute approximate surface area is 173 Å². The molecule has 156 valence electrons. The molecule has 1 heterocycles. The molecule has 0 radical (unpaired) electrons. The van der Waals surface area contributed by atoms with Gasteiger partial charge in [-0.3, -0.25) is 14.0 Å². The lowest BCUT2D eigenvalue weighted by Crippen LogP contribution is -2.47. The van der Waals surface area contributed by atoms with Gasteiger partial charge >= 0.3 is 0 Å². The van der Waals surface area contributed by atoms with E-state index in [9.17, 15) is 13.2 Å². The average molecular weight is 416 g/mol. The molecule has 6 nitrogen and oxygen atoms in total. The van der Waals surface area contributed by atoms with E-state index in [1.165, 1.54) is 18.4 Å². The highest BCUT2D eigenvalue weighted by atomic mass is 32.2. The van der Waals surface area contributed by atoms with Crippen LogP contribution in [0.25, 0.3) is 0 Å². The Balaban J connectivity index is 1.60. The fraction of sp³-hybridized carbons (Fsp3) is 0.409. The van der Waals surface area contributed by atoms with Crippen LogP contribution in [0.3, 0.4) is 0 Å². The van der Waals surface area contributed by atoms with E-state index < -0.39 is 16.1 Å². The molecule has 1 amide bonds. The number of carbonyl (C=O) groups excluding carboxylic acids is 1. The van der Waals surface area contributed by atoms with Crippen molar-refractivity contribution in [2.24, 2.45) is 0 Å². The molecule has 2 aromatic rings. The normalized spacial score (nSPS) is 15.8. The van der Waals surface area contributed by atoms with Crippen molar-refractivity contribution in [2.75, 3.05) is 23.7 Å². The van der Waals surface area contributed by atoms with E-state index in [0.717, 1.165) is 35.8 Å². The Kier molecular flexibility index (Phi) is 6.92.